The molecule has 0 saturated carbocycles. The van der Waals surface area contributed by atoms with E-state index in [1.807, 2.05) is 0 Å². The molecule has 0 aliphatic heterocycles. The van der Waals surface area contributed by atoms with Gasteiger partial charge in [0.1, 0.15) is 21.2 Å². The highest BCUT2D eigenvalue weighted by atomic mass is 32.2. The molecule has 0 unspecified atom stereocenters. The lowest BCUT2D eigenvalue weighted by Crippen LogP contribution is -2.00. The second-order valence-electron chi connectivity index (χ2n) is 10.9. The highest BCUT2D eigenvalue weighted by Gasteiger charge is 2.24. The summed E-state index contributed by atoms with van der Waals surface area (Å²) in [6.45, 7) is 0. The first-order valence-corrected chi connectivity index (χ1v) is 18.5. The van der Waals surface area contributed by atoms with Crippen molar-refractivity contribution < 1.29 is 49.1 Å². The number of hydrogen-bond donors (Lipinski definition) is 6. The molecule has 6 aromatic rings. The molecule has 260 valence electrons. The molecule has 0 aromatic heterocycles. The van der Waals surface area contributed by atoms with Crippen molar-refractivity contribution in [1.82, 2.24) is 0 Å². The Hall–Kier alpha value is -5.83. The predicted octanol–water partition coefficient (Wildman–Crippen LogP) is 7.22. The van der Waals surface area contributed by atoms with Crippen molar-refractivity contribution in [2.45, 2.75) is 14.7 Å². The molecule has 0 atom stereocenters. The maximum absolute atomic E-state index is 12.1. The second kappa shape index (κ2) is 12.8. The molecule has 6 rings (SSSR count). The zero-order valence-electron chi connectivity index (χ0n) is 25.5. The topological polar surface area (TPSA) is 279 Å². The van der Waals surface area contributed by atoms with Crippen molar-refractivity contribution in [1.29, 1.82) is 0 Å². The van der Waals surface area contributed by atoms with Crippen molar-refractivity contribution in [2.24, 2.45) is 20.5 Å². The molecule has 0 amide bonds. The Bertz CT molecular complexity index is 2790. The number of hydrogen-bond acceptors (Lipinski definition) is 13. The van der Waals surface area contributed by atoms with Crippen LogP contribution in [0.1, 0.15) is 0 Å². The molecule has 0 saturated heterocycles. The van der Waals surface area contributed by atoms with Gasteiger partial charge in [0.25, 0.3) is 30.4 Å². The minimum absolute atomic E-state index is 0.0272. The molecular weight excluding hydrogens is 727 g/mol. The van der Waals surface area contributed by atoms with Crippen LogP contribution in [0.4, 0.5) is 28.4 Å². The van der Waals surface area contributed by atoms with E-state index in [0.29, 0.717) is 16.8 Å². The van der Waals surface area contributed by atoms with E-state index in [0.717, 1.165) is 30.3 Å². The van der Waals surface area contributed by atoms with Gasteiger partial charge in [0.2, 0.25) is 0 Å². The summed E-state index contributed by atoms with van der Waals surface area (Å²) in [4.78, 5) is -2.07. The Morgan fingerprint density at radius 3 is 1.29 bits per heavy atom. The van der Waals surface area contributed by atoms with Crippen LogP contribution in [0.3, 0.4) is 0 Å². The van der Waals surface area contributed by atoms with Crippen molar-refractivity contribution in [3.05, 3.63) is 97.1 Å². The quantitative estimate of drug-likeness (QED) is 0.0511. The molecule has 0 radical (unpaired) electrons. The number of benzene rings is 6. The number of fused-ring (bicyclic) bond motifs is 2. The Kier molecular flexibility index (Phi) is 8.79. The van der Waals surface area contributed by atoms with Crippen LogP contribution >= 0.6 is 0 Å². The Balaban J connectivity index is 1.26. The predicted molar refractivity (Wildman–Crippen MR) is 185 cm³/mol. The molecule has 0 heterocycles. The van der Waals surface area contributed by atoms with E-state index in [2.05, 4.69) is 20.5 Å². The summed E-state index contributed by atoms with van der Waals surface area (Å²) in [5.41, 5.74) is 6.90. The average Bonchev–Trinajstić information content (AvgIpc) is 3.06. The minimum atomic E-state index is -4.98. The lowest BCUT2D eigenvalue weighted by molar-refractivity contribution is 0.471. The number of aromatic hydroxyl groups is 2. The minimum Gasteiger partial charge on any atom is -0.505 e. The van der Waals surface area contributed by atoms with Crippen LogP contribution in [-0.2, 0) is 30.4 Å². The van der Waals surface area contributed by atoms with E-state index >= 15 is 0 Å². The number of rotatable bonds is 8. The van der Waals surface area contributed by atoms with E-state index in [1.54, 1.807) is 36.4 Å². The number of phenolic OH excluding ortho intramolecular Hbond substituents is 2. The number of anilines is 1. The first-order valence-electron chi connectivity index (χ1n) is 14.2. The summed E-state index contributed by atoms with van der Waals surface area (Å²) >= 11 is 0. The van der Waals surface area contributed by atoms with Crippen LogP contribution in [0.25, 0.3) is 32.7 Å². The van der Waals surface area contributed by atoms with Crippen LogP contribution in [0.2, 0.25) is 0 Å². The Morgan fingerprint density at radius 2 is 0.882 bits per heavy atom. The van der Waals surface area contributed by atoms with Crippen LogP contribution in [0, 0.1) is 0 Å². The van der Waals surface area contributed by atoms with Gasteiger partial charge < -0.3 is 15.9 Å². The Labute approximate surface area is 289 Å². The van der Waals surface area contributed by atoms with Gasteiger partial charge in [0.05, 0.1) is 16.3 Å². The molecule has 7 N–H and O–H groups in total. The van der Waals surface area contributed by atoms with Crippen molar-refractivity contribution in [3.63, 3.8) is 0 Å². The highest BCUT2D eigenvalue weighted by Crippen LogP contribution is 2.43. The van der Waals surface area contributed by atoms with Crippen molar-refractivity contribution >= 4 is 80.3 Å². The van der Waals surface area contributed by atoms with Crippen LogP contribution < -0.4 is 5.73 Å². The lowest BCUT2D eigenvalue weighted by atomic mass is 10.1. The number of nitrogens with two attached hydrogens (primary N) is 1. The molecule has 16 nitrogen and oxygen atoms in total. The number of phenols is 2. The summed E-state index contributed by atoms with van der Waals surface area (Å²) in [5.74, 6) is -1.23. The summed E-state index contributed by atoms with van der Waals surface area (Å²) < 4.78 is 100. The molecule has 0 aliphatic rings. The van der Waals surface area contributed by atoms with Gasteiger partial charge >= 0.3 is 0 Å². The van der Waals surface area contributed by atoms with Gasteiger partial charge in [-0.2, -0.15) is 35.5 Å². The fraction of sp³-hybridized carbons (Fsp3) is 0. The molecule has 19 heteroatoms. The van der Waals surface area contributed by atoms with E-state index in [9.17, 15) is 49.1 Å². The number of azo groups is 2. The zero-order valence-corrected chi connectivity index (χ0v) is 28.0. The fourth-order valence-corrected chi connectivity index (χ4v) is 6.93. The van der Waals surface area contributed by atoms with Crippen molar-refractivity contribution in [3.8, 4) is 22.6 Å². The third-order valence-electron chi connectivity index (χ3n) is 7.55. The Morgan fingerprint density at radius 1 is 0.471 bits per heavy atom. The number of nitrogens with zero attached hydrogens (tertiary/aromatic N) is 4. The van der Waals surface area contributed by atoms with Gasteiger partial charge in [-0.1, -0.05) is 24.3 Å². The molecular formula is C32H23N5O11S3. The van der Waals surface area contributed by atoms with E-state index in [1.165, 1.54) is 30.3 Å². The SMILES string of the molecule is Nc1ccc2c(O)c(N=Nc3ccc(-c4ccc(N=Nc5c(S(=O)(=O)O)cc6cc(S(=O)(=O)O)ccc6c5O)cc4)cc3)c(S(=O)(=O)O)cc2c1. The molecule has 0 aliphatic carbocycles. The average molecular weight is 750 g/mol. The standard InChI is InChI=1S/C32H23N5O11S3/c33-21-5-11-25-19(13-21)15-27(50(43,44)45)29(31(25)38)36-34-22-6-1-17(2-7-22)18-3-8-23(9-4-18)35-37-30-28(51(46,47)48)16-20-14-24(49(40,41)42)10-12-26(20)32(30)39/h1-16,38-39H,33H2,(H,40,41,42)(H,43,44,45)(H,46,47,48). The molecule has 0 bridgehead atoms. The van der Waals surface area contributed by atoms with Crippen LogP contribution in [0.15, 0.2) is 132 Å². The first kappa shape index (κ1) is 35.0. The highest BCUT2D eigenvalue weighted by molar-refractivity contribution is 7.86. The zero-order chi connectivity index (χ0) is 36.9. The van der Waals surface area contributed by atoms with Crippen LogP contribution in [-0.4, -0.2) is 49.1 Å². The maximum atomic E-state index is 12.1. The van der Waals surface area contributed by atoms with Crippen molar-refractivity contribution in [2.75, 3.05) is 5.73 Å². The second-order valence-corrected chi connectivity index (χ2v) is 15.1. The van der Waals surface area contributed by atoms with E-state index in [4.69, 9.17) is 5.73 Å². The van der Waals surface area contributed by atoms with Gasteiger partial charge in [-0.25, -0.2) is 0 Å². The van der Waals surface area contributed by atoms with Gasteiger partial charge in [0.15, 0.2) is 11.5 Å². The summed E-state index contributed by atoms with van der Waals surface area (Å²) in [5, 5.41) is 37.7. The normalized spacial score (nSPS) is 12.8. The summed E-state index contributed by atoms with van der Waals surface area (Å²) in [6.07, 6.45) is 0. The molecule has 0 spiro atoms. The lowest BCUT2D eigenvalue weighted by Gasteiger charge is -2.09. The van der Waals surface area contributed by atoms with Gasteiger partial charge in [0, 0.05) is 16.5 Å². The maximum Gasteiger partial charge on any atom is 0.296 e. The smallest absolute Gasteiger partial charge is 0.296 e. The third kappa shape index (κ3) is 7.24. The fourth-order valence-electron chi connectivity index (χ4n) is 5.10. The van der Waals surface area contributed by atoms with E-state index in [-0.39, 0.29) is 32.9 Å². The van der Waals surface area contributed by atoms with Crippen LogP contribution in [0.5, 0.6) is 11.5 Å². The number of nitrogen functional groups attached to an aromatic ring is 1. The third-order valence-corrected chi connectivity index (χ3v) is 10.1. The summed E-state index contributed by atoms with van der Waals surface area (Å²) in [7, 11) is -14.4. The summed E-state index contributed by atoms with van der Waals surface area (Å²) in [6, 6.07) is 22.3. The van der Waals surface area contributed by atoms with Gasteiger partial charge in [-0.3, -0.25) is 13.7 Å². The van der Waals surface area contributed by atoms with E-state index < -0.39 is 67.9 Å². The monoisotopic (exact) mass is 749 g/mol. The largest absolute Gasteiger partial charge is 0.505 e. The molecule has 6 aromatic carbocycles. The van der Waals surface area contributed by atoms with Gasteiger partial charge in [-0.05, 0) is 94.7 Å². The molecule has 51 heavy (non-hydrogen) atoms. The molecule has 0 fully saturated rings. The first-order chi connectivity index (χ1) is 23.9. The van der Waals surface area contributed by atoms with Gasteiger partial charge in [-0.15, -0.1) is 10.2 Å².